The lowest BCUT2D eigenvalue weighted by molar-refractivity contribution is -0.116. The van der Waals surface area contributed by atoms with Gasteiger partial charge in [-0.2, -0.15) is 0 Å². The summed E-state index contributed by atoms with van der Waals surface area (Å²) in [6, 6.07) is 14.9. The zero-order valence-electron chi connectivity index (χ0n) is 16.5. The molecule has 3 nitrogen and oxygen atoms in total. The SMILES string of the molecule is COc1cc(Cc2ccccc2)cc2c1N(C(C)=O)CCC2C(C)(C)C. The van der Waals surface area contributed by atoms with Crippen LogP contribution in [0, 0.1) is 5.41 Å². The van der Waals surface area contributed by atoms with Crippen molar-refractivity contribution in [3.63, 3.8) is 0 Å². The van der Waals surface area contributed by atoms with Crippen LogP contribution in [0.3, 0.4) is 0 Å². The van der Waals surface area contributed by atoms with Gasteiger partial charge in [-0.05, 0) is 46.9 Å². The Labute approximate surface area is 157 Å². The molecule has 1 atom stereocenters. The van der Waals surface area contributed by atoms with Crippen LogP contribution in [0.25, 0.3) is 0 Å². The van der Waals surface area contributed by atoms with E-state index in [9.17, 15) is 4.79 Å². The van der Waals surface area contributed by atoms with Gasteiger partial charge in [0, 0.05) is 13.5 Å². The molecule has 0 fully saturated rings. The van der Waals surface area contributed by atoms with Crippen molar-refractivity contribution in [2.24, 2.45) is 5.41 Å². The number of hydrogen-bond acceptors (Lipinski definition) is 2. The van der Waals surface area contributed by atoms with E-state index in [2.05, 4.69) is 57.2 Å². The van der Waals surface area contributed by atoms with E-state index in [4.69, 9.17) is 4.74 Å². The smallest absolute Gasteiger partial charge is 0.223 e. The lowest BCUT2D eigenvalue weighted by Crippen LogP contribution is -2.38. The molecule has 138 valence electrons. The Kier molecular flexibility index (Phi) is 5.08. The predicted octanol–water partition coefficient (Wildman–Crippen LogP) is 5.17. The van der Waals surface area contributed by atoms with Gasteiger partial charge in [0.05, 0.1) is 12.8 Å². The van der Waals surface area contributed by atoms with Crippen molar-refractivity contribution in [1.82, 2.24) is 0 Å². The standard InChI is InChI=1S/C23H29NO2/c1-16(25)24-12-11-20(23(2,3)4)19-14-18(15-21(26-5)22(19)24)13-17-9-7-6-8-10-17/h6-10,14-15,20H,11-13H2,1-5H3. The summed E-state index contributed by atoms with van der Waals surface area (Å²) in [6.45, 7) is 9.22. The Balaban J connectivity index is 2.13. The summed E-state index contributed by atoms with van der Waals surface area (Å²) in [7, 11) is 1.70. The third-order valence-electron chi connectivity index (χ3n) is 5.35. The van der Waals surface area contributed by atoms with E-state index >= 15 is 0 Å². The van der Waals surface area contributed by atoms with Crippen LogP contribution in [0.5, 0.6) is 5.75 Å². The van der Waals surface area contributed by atoms with Gasteiger partial charge in [0.25, 0.3) is 0 Å². The molecule has 3 heteroatoms. The predicted molar refractivity (Wildman–Crippen MR) is 107 cm³/mol. The van der Waals surface area contributed by atoms with Crippen LogP contribution < -0.4 is 9.64 Å². The zero-order chi connectivity index (χ0) is 18.9. The minimum atomic E-state index is 0.0766. The lowest BCUT2D eigenvalue weighted by Gasteiger charge is -2.41. The third kappa shape index (κ3) is 3.62. The molecule has 2 aromatic rings. The molecule has 1 unspecified atom stereocenters. The van der Waals surface area contributed by atoms with Gasteiger partial charge in [-0.3, -0.25) is 4.79 Å². The summed E-state index contributed by atoms with van der Waals surface area (Å²) in [5, 5.41) is 0. The van der Waals surface area contributed by atoms with Gasteiger partial charge in [-0.15, -0.1) is 0 Å². The van der Waals surface area contributed by atoms with E-state index < -0.39 is 0 Å². The molecule has 0 saturated heterocycles. The molecule has 2 aromatic carbocycles. The first-order valence-corrected chi connectivity index (χ1v) is 9.34. The largest absolute Gasteiger partial charge is 0.495 e. The number of amides is 1. The first-order valence-electron chi connectivity index (χ1n) is 9.34. The van der Waals surface area contributed by atoms with Crippen molar-refractivity contribution in [3.05, 3.63) is 59.2 Å². The van der Waals surface area contributed by atoms with E-state index in [-0.39, 0.29) is 11.3 Å². The topological polar surface area (TPSA) is 29.5 Å². The maximum absolute atomic E-state index is 12.2. The zero-order valence-corrected chi connectivity index (χ0v) is 16.5. The number of methoxy groups -OCH3 is 1. The maximum atomic E-state index is 12.2. The summed E-state index contributed by atoms with van der Waals surface area (Å²) in [5.41, 5.74) is 4.84. The molecule has 0 saturated carbocycles. The van der Waals surface area contributed by atoms with Crippen LogP contribution in [0.15, 0.2) is 42.5 Å². The molecule has 0 spiro atoms. The fourth-order valence-corrected chi connectivity index (χ4v) is 4.07. The Morgan fingerprint density at radius 1 is 1.15 bits per heavy atom. The number of nitrogens with zero attached hydrogens (tertiary/aromatic N) is 1. The van der Waals surface area contributed by atoms with Gasteiger partial charge in [0.15, 0.2) is 0 Å². The average molecular weight is 351 g/mol. The van der Waals surface area contributed by atoms with E-state index in [0.717, 1.165) is 30.8 Å². The second kappa shape index (κ2) is 7.14. The highest BCUT2D eigenvalue weighted by molar-refractivity contribution is 5.95. The summed E-state index contributed by atoms with van der Waals surface area (Å²) < 4.78 is 5.74. The van der Waals surface area contributed by atoms with Crippen LogP contribution >= 0.6 is 0 Å². The van der Waals surface area contributed by atoms with Crippen molar-refractivity contribution in [1.29, 1.82) is 0 Å². The van der Waals surface area contributed by atoms with Crippen molar-refractivity contribution in [3.8, 4) is 5.75 Å². The van der Waals surface area contributed by atoms with E-state index in [1.165, 1.54) is 16.7 Å². The molecule has 0 aromatic heterocycles. The highest BCUT2D eigenvalue weighted by atomic mass is 16.5. The van der Waals surface area contributed by atoms with Crippen LogP contribution in [0.4, 0.5) is 5.69 Å². The average Bonchev–Trinajstić information content (AvgIpc) is 2.59. The molecule has 26 heavy (non-hydrogen) atoms. The minimum absolute atomic E-state index is 0.0766. The molecule has 0 aliphatic carbocycles. The molecule has 1 aliphatic heterocycles. The first-order chi connectivity index (χ1) is 12.3. The highest BCUT2D eigenvalue weighted by Gasteiger charge is 2.36. The second-order valence-corrected chi connectivity index (χ2v) is 8.28. The molecule has 3 rings (SSSR count). The van der Waals surface area contributed by atoms with E-state index in [1.807, 2.05) is 11.0 Å². The lowest BCUT2D eigenvalue weighted by atomic mass is 9.72. The Morgan fingerprint density at radius 3 is 2.42 bits per heavy atom. The minimum Gasteiger partial charge on any atom is -0.495 e. The Hall–Kier alpha value is -2.29. The van der Waals surface area contributed by atoms with Gasteiger partial charge < -0.3 is 9.64 Å². The fourth-order valence-electron chi connectivity index (χ4n) is 4.07. The van der Waals surface area contributed by atoms with Crippen molar-refractivity contribution in [2.45, 2.75) is 46.5 Å². The molecule has 1 aliphatic rings. The number of carbonyl (C=O) groups is 1. The monoisotopic (exact) mass is 351 g/mol. The van der Waals surface area contributed by atoms with Crippen molar-refractivity contribution >= 4 is 11.6 Å². The van der Waals surface area contributed by atoms with Crippen LogP contribution in [-0.4, -0.2) is 19.6 Å². The number of carbonyl (C=O) groups excluding carboxylic acids is 1. The number of hydrogen-bond donors (Lipinski definition) is 0. The van der Waals surface area contributed by atoms with Gasteiger partial charge in [-0.1, -0.05) is 57.2 Å². The van der Waals surface area contributed by atoms with Crippen LogP contribution in [0.2, 0.25) is 0 Å². The number of rotatable bonds is 3. The normalized spacial score (nSPS) is 17.0. The highest BCUT2D eigenvalue weighted by Crippen LogP contribution is 2.49. The number of fused-ring (bicyclic) bond motifs is 1. The molecule has 0 radical (unpaired) electrons. The van der Waals surface area contributed by atoms with E-state index in [1.54, 1.807) is 14.0 Å². The fraction of sp³-hybridized carbons (Fsp3) is 0.435. The molecule has 0 N–H and O–H groups in total. The van der Waals surface area contributed by atoms with Gasteiger partial charge in [0.1, 0.15) is 5.75 Å². The number of benzene rings is 2. The molecule has 0 bridgehead atoms. The summed E-state index contributed by atoms with van der Waals surface area (Å²) >= 11 is 0. The maximum Gasteiger partial charge on any atom is 0.223 e. The van der Waals surface area contributed by atoms with Crippen LogP contribution in [-0.2, 0) is 11.2 Å². The second-order valence-electron chi connectivity index (χ2n) is 8.28. The summed E-state index contributed by atoms with van der Waals surface area (Å²) in [6.07, 6.45) is 1.84. The van der Waals surface area contributed by atoms with Gasteiger partial charge in [0.2, 0.25) is 5.91 Å². The summed E-state index contributed by atoms with van der Waals surface area (Å²) in [5.74, 6) is 1.28. The van der Waals surface area contributed by atoms with Gasteiger partial charge >= 0.3 is 0 Å². The third-order valence-corrected chi connectivity index (χ3v) is 5.35. The van der Waals surface area contributed by atoms with Crippen molar-refractivity contribution in [2.75, 3.05) is 18.6 Å². The first kappa shape index (κ1) is 18.5. The Bertz CT molecular complexity index is 790. The Morgan fingerprint density at radius 2 is 1.85 bits per heavy atom. The number of anilines is 1. The molecule has 1 heterocycles. The quantitative estimate of drug-likeness (QED) is 0.763. The van der Waals surface area contributed by atoms with Crippen LogP contribution in [0.1, 0.15) is 56.7 Å². The molecular formula is C23H29NO2. The molecular weight excluding hydrogens is 322 g/mol. The summed E-state index contributed by atoms with van der Waals surface area (Å²) in [4.78, 5) is 14.1. The molecule has 1 amide bonds. The van der Waals surface area contributed by atoms with Gasteiger partial charge in [-0.25, -0.2) is 0 Å². The number of ether oxygens (including phenoxy) is 1. The van der Waals surface area contributed by atoms with Crippen molar-refractivity contribution < 1.29 is 9.53 Å². The van der Waals surface area contributed by atoms with E-state index in [0.29, 0.717) is 5.92 Å².